The lowest BCUT2D eigenvalue weighted by atomic mass is 9.83. The molecule has 100 valence electrons. The largest absolute Gasteiger partial charge is 0.368 e. The molecule has 1 aromatic heterocycles. The molecular formula is C13H21ClN4. The Morgan fingerprint density at radius 1 is 1.33 bits per heavy atom. The maximum atomic E-state index is 5.86. The van der Waals surface area contributed by atoms with E-state index in [0.717, 1.165) is 11.7 Å². The number of nitrogen functional groups attached to an aromatic ring is 1. The van der Waals surface area contributed by atoms with E-state index in [1.54, 1.807) is 6.07 Å². The first-order valence-corrected chi connectivity index (χ1v) is 7.11. The second-order valence-electron chi connectivity index (χ2n) is 5.08. The van der Waals surface area contributed by atoms with Gasteiger partial charge in [-0.2, -0.15) is 4.98 Å². The molecule has 18 heavy (non-hydrogen) atoms. The smallest absolute Gasteiger partial charge is 0.223 e. The minimum Gasteiger partial charge on any atom is -0.368 e. The summed E-state index contributed by atoms with van der Waals surface area (Å²) in [5.41, 5.74) is 5.58. The second kappa shape index (κ2) is 6.23. The third-order valence-corrected chi connectivity index (χ3v) is 3.80. The van der Waals surface area contributed by atoms with E-state index in [2.05, 4.69) is 22.2 Å². The van der Waals surface area contributed by atoms with E-state index in [1.807, 2.05) is 0 Å². The number of hydrogen-bond donors (Lipinski definition) is 2. The lowest BCUT2D eigenvalue weighted by molar-refractivity contribution is 0.318. The minimum atomic E-state index is 0.227. The first-order valence-electron chi connectivity index (χ1n) is 6.74. The molecular weight excluding hydrogens is 248 g/mol. The fraction of sp³-hybridized carbons (Fsp3) is 0.692. The van der Waals surface area contributed by atoms with Gasteiger partial charge in [-0.1, -0.05) is 31.4 Å². The zero-order valence-corrected chi connectivity index (χ0v) is 11.6. The summed E-state index contributed by atoms with van der Waals surface area (Å²) in [5, 5.41) is 3.80. The second-order valence-corrected chi connectivity index (χ2v) is 5.47. The summed E-state index contributed by atoms with van der Waals surface area (Å²) in [6.45, 7) is 2.26. The van der Waals surface area contributed by atoms with Gasteiger partial charge in [-0.05, 0) is 31.6 Å². The van der Waals surface area contributed by atoms with Crippen LogP contribution in [0.5, 0.6) is 0 Å². The summed E-state index contributed by atoms with van der Waals surface area (Å²) in [6, 6.07) is 2.22. The molecule has 0 bridgehead atoms. The van der Waals surface area contributed by atoms with Gasteiger partial charge in [0.1, 0.15) is 11.0 Å². The average molecular weight is 269 g/mol. The van der Waals surface area contributed by atoms with Crippen molar-refractivity contribution in [3.8, 4) is 0 Å². The molecule has 0 saturated heterocycles. The molecule has 0 atom stereocenters. The molecule has 2 rings (SSSR count). The van der Waals surface area contributed by atoms with Crippen LogP contribution in [0.4, 0.5) is 11.8 Å². The highest BCUT2D eigenvalue weighted by molar-refractivity contribution is 6.29. The van der Waals surface area contributed by atoms with Gasteiger partial charge in [0, 0.05) is 12.1 Å². The Balaban J connectivity index is 1.87. The highest BCUT2D eigenvalue weighted by Gasteiger charge is 2.20. The van der Waals surface area contributed by atoms with Crippen molar-refractivity contribution in [2.24, 2.45) is 5.92 Å². The number of nitrogens with zero attached hydrogens (tertiary/aromatic N) is 2. The van der Waals surface area contributed by atoms with Crippen molar-refractivity contribution >= 4 is 23.4 Å². The van der Waals surface area contributed by atoms with Gasteiger partial charge in [-0.15, -0.1) is 0 Å². The highest BCUT2D eigenvalue weighted by Crippen LogP contribution is 2.29. The van der Waals surface area contributed by atoms with Crippen LogP contribution in [0.3, 0.4) is 0 Å². The molecule has 0 unspecified atom stereocenters. The van der Waals surface area contributed by atoms with Gasteiger partial charge in [0.25, 0.3) is 0 Å². The standard InChI is InChI=1S/C13H21ClN4/c1-2-3-9-4-6-10(7-5-9)16-12-8-11(14)17-13(15)18-12/h8-10H,2-7H2,1H3,(H3,15,16,17,18). The lowest BCUT2D eigenvalue weighted by Crippen LogP contribution is -2.26. The molecule has 0 radical (unpaired) electrons. The van der Waals surface area contributed by atoms with Crippen molar-refractivity contribution < 1.29 is 0 Å². The van der Waals surface area contributed by atoms with Crippen LogP contribution in [0.1, 0.15) is 45.4 Å². The van der Waals surface area contributed by atoms with Crippen LogP contribution >= 0.6 is 11.6 Å². The summed E-state index contributed by atoms with van der Waals surface area (Å²) in [4.78, 5) is 8.01. The van der Waals surface area contributed by atoms with Crippen molar-refractivity contribution in [2.45, 2.75) is 51.5 Å². The Bertz CT molecular complexity index is 368. The van der Waals surface area contributed by atoms with Crippen LogP contribution in [-0.2, 0) is 0 Å². The SMILES string of the molecule is CCCC1CCC(Nc2cc(Cl)nc(N)n2)CC1. The summed E-state index contributed by atoms with van der Waals surface area (Å²) < 4.78 is 0. The molecule has 5 heteroatoms. The van der Waals surface area contributed by atoms with E-state index in [4.69, 9.17) is 17.3 Å². The molecule has 0 spiro atoms. The molecule has 1 heterocycles. The average Bonchev–Trinajstić information content (AvgIpc) is 2.31. The van der Waals surface area contributed by atoms with E-state index in [-0.39, 0.29) is 5.95 Å². The summed E-state index contributed by atoms with van der Waals surface area (Å²) in [5.74, 6) is 1.88. The van der Waals surface area contributed by atoms with Crippen LogP contribution in [0, 0.1) is 5.92 Å². The predicted molar refractivity (Wildman–Crippen MR) is 75.7 cm³/mol. The van der Waals surface area contributed by atoms with Gasteiger partial charge < -0.3 is 11.1 Å². The van der Waals surface area contributed by atoms with E-state index in [1.165, 1.54) is 38.5 Å². The Hall–Kier alpha value is -1.03. The maximum Gasteiger partial charge on any atom is 0.223 e. The van der Waals surface area contributed by atoms with Crippen molar-refractivity contribution in [3.63, 3.8) is 0 Å². The molecule has 0 amide bonds. The molecule has 0 aliphatic heterocycles. The molecule has 0 aromatic carbocycles. The Labute approximate surface area is 113 Å². The monoisotopic (exact) mass is 268 g/mol. The van der Waals surface area contributed by atoms with Gasteiger partial charge >= 0.3 is 0 Å². The normalized spacial score (nSPS) is 23.9. The van der Waals surface area contributed by atoms with Crippen LogP contribution in [0.25, 0.3) is 0 Å². The molecule has 1 saturated carbocycles. The Morgan fingerprint density at radius 3 is 2.67 bits per heavy atom. The minimum absolute atomic E-state index is 0.227. The summed E-state index contributed by atoms with van der Waals surface area (Å²) in [7, 11) is 0. The molecule has 1 aromatic rings. The molecule has 1 aliphatic rings. The third kappa shape index (κ3) is 3.73. The Morgan fingerprint density at radius 2 is 2.06 bits per heavy atom. The summed E-state index contributed by atoms with van der Waals surface area (Å²) >= 11 is 5.86. The zero-order valence-electron chi connectivity index (χ0n) is 10.8. The van der Waals surface area contributed by atoms with Crippen LogP contribution < -0.4 is 11.1 Å². The van der Waals surface area contributed by atoms with Gasteiger partial charge in [0.05, 0.1) is 0 Å². The third-order valence-electron chi connectivity index (χ3n) is 3.61. The number of anilines is 2. The zero-order chi connectivity index (χ0) is 13.0. The van der Waals surface area contributed by atoms with E-state index in [0.29, 0.717) is 11.2 Å². The number of nitrogens with one attached hydrogen (secondary N) is 1. The van der Waals surface area contributed by atoms with Gasteiger partial charge in [-0.25, -0.2) is 4.98 Å². The predicted octanol–water partition coefficient (Wildman–Crippen LogP) is 3.48. The number of nitrogens with two attached hydrogens (primary N) is 1. The molecule has 1 aliphatic carbocycles. The number of halogens is 1. The highest BCUT2D eigenvalue weighted by atomic mass is 35.5. The van der Waals surface area contributed by atoms with E-state index >= 15 is 0 Å². The van der Waals surface area contributed by atoms with Crippen molar-refractivity contribution in [1.29, 1.82) is 0 Å². The first kappa shape index (κ1) is 13.4. The van der Waals surface area contributed by atoms with Crippen LogP contribution in [0.15, 0.2) is 6.07 Å². The lowest BCUT2D eigenvalue weighted by Gasteiger charge is -2.29. The van der Waals surface area contributed by atoms with Crippen molar-refractivity contribution in [1.82, 2.24) is 9.97 Å². The number of aromatic nitrogens is 2. The quantitative estimate of drug-likeness (QED) is 0.821. The summed E-state index contributed by atoms with van der Waals surface area (Å²) in [6.07, 6.45) is 7.66. The van der Waals surface area contributed by atoms with Crippen LogP contribution in [0.2, 0.25) is 5.15 Å². The van der Waals surface area contributed by atoms with Gasteiger partial charge in [-0.3, -0.25) is 0 Å². The van der Waals surface area contributed by atoms with Crippen molar-refractivity contribution in [3.05, 3.63) is 11.2 Å². The number of hydrogen-bond acceptors (Lipinski definition) is 4. The number of rotatable bonds is 4. The van der Waals surface area contributed by atoms with Crippen LogP contribution in [-0.4, -0.2) is 16.0 Å². The van der Waals surface area contributed by atoms with Gasteiger partial charge in [0.2, 0.25) is 5.95 Å². The van der Waals surface area contributed by atoms with E-state index in [9.17, 15) is 0 Å². The molecule has 1 fully saturated rings. The fourth-order valence-corrected chi connectivity index (χ4v) is 2.91. The van der Waals surface area contributed by atoms with Crippen molar-refractivity contribution in [2.75, 3.05) is 11.1 Å². The first-order chi connectivity index (χ1) is 8.67. The molecule has 4 nitrogen and oxygen atoms in total. The maximum absolute atomic E-state index is 5.86. The molecule has 3 N–H and O–H groups in total. The topological polar surface area (TPSA) is 63.8 Å². The van der Waals surface area contributed by atoms with Gasteiger partial charge in [0.15, 0.2) is 0 Å². The fourth-order valence-electron chi connectivity index (χ4n) is 2.72. The van der Waals surface area contributed by atoms with E-state index < -0.39 is 0 Å². The Kier molecular flexibility index (Phi) is 4.64.